The molecule has 28 heavy (non-hydrogen) atoms. The van der Waals surface area contributed by atoms with Crippen molar-refractivity contribution >= 4 is 55.9 Å². The number of anilines is 2. The first-order chi connectivity index (χ1) is 13.4. The van der Waals surface area contributed by atoms with Crippen LogP contribution in [0.1, 0.15) is 25.0 Å². The van der Waals surface area contributed by atoms with E-state index in [1.165, 1.54) is 28.7 Å². The van der Waals surface area contributed by atoms with Gasteiger partial charge in [-0.1, -0.05) is 42.0 Å². The van der Waals surface area contributed by atoms with E-state index in [2.05, 4.69) is 34.7 Å². The molecule has 0 radical (unpaired) electrons. The monoisotopic (exact) mass is 413 g/mol. The summed E-state index contributed by atoms with van der Waals surface area (Å²) in [6, 6.07) is 13.8. The number of hydrogen-bond donors (Lipinski definition) is 2. The molecule has 146 valence electrons. The van der Waals surface area contributed by atoms with Crippen LogP contribution in [-0.2, 0) is 16.0 Å². The van der Waals surface area contributed by atoms with Gasteiger partial charge >= 0.3 is 0 Å². The van der Waals surface area contributed by atoms with Gasteiger partial charge in [-0.05, 0) is 50.1 Å². The summed E-state index contributed by atoms with van der Waals surface area (Å²) in [5, 5.41) is 5.93. The minimum atomic E-state index is -0.359. The van der Waals surface area contributed by atoms with Gasteiger partial charge in [-0.2, -0.15) is 0 Å². The maximum Gasteiger partial charge on any atom is 0.239 e. The molecule has 0 fully saturated rings. The van der Waals surface area contributed by atoms with Crippen LogP contribution in [0.4, 0.5) is 10.8 Å². The van der Waals surface area contributed by atoms with Crippen molar-refractivity contribution in [2.24, 2.45) is 0 Å². The molecule has 0 aliphatic carbocycles. The highest BCUT2D eigenvalue weighted by molar-refractivity contribution is 8.01. The highest BCUT2D eigenvalue weighted by Crippen LogP contribution is 2.27. The molecule has 2 amide bonds. The molecule has 1 unspecified atom stereocenters. The van der Waals surface area contributed by atoms with Crippen LogP contribution in [0, 0.1) is 6.92 Å². The molecule has 2 aromatic carbocycles. The normalized spacial score (nSPS) is 12.0. The predicted molar refractivity (Wildman–Crippen MR) is 119 cm³/mol. The van der Waals surface area contributed by atoms with Gasteiger partial charge in [0.1, 0.15) is 0 Å². The fourth-order valence-electron chi connectivity index (χ4n) is 2.56. The van der Waals surface area contributed by atoms with E-state index in [0.717, 1.165) is 27.9 Å². The number of aryl methyl sites for hydroxylation is 2. The number of thioether (sulfide) groups is 1. The van der Waals surface area contributed by atoms with Gasteiger partial charge in [0.15, 0.2) is 5.13 Å². The summed E-state index contributed by atoms with van der Waals surface area (Å²) in [5.41, 5.74) is 4.03. The van der Waals surface area contributed by atoms with E-state index in [-0.39, 0.29) is 22.8 Å². The third-order valence-corrected chi connectivity index (χ3v) is 6.34. The van der Waals surface area contributed by atoms with Crippen molar-refractivity contribution < 1.29 is 9.59 Å². The number of nitrogens with zero attached hydrogens (tertiary/aromatic N) is 1. The molecule has 2 N–H and O–H groups in total. The van der Waals surface area contributed by atoms with Crippen molar-refractivity contribution in [3.63, 3.8) is 0 Å². The number of amides is 2. The molecule has 1 aromatic heterocycles. The molecular formula is C21H23N3O2S2. The fourth-order valence-corrected chi connectivity index (χ4v) is 4.18. The summed E-state index contributed by atoms with van der Waals surface area (Å²) in [6.07, 6.45) is 0.966. The second-order valence-electron chi connectivity index (χ2n) is 6.53. The Bertz CT molecular complexity index is 983. The van der Waals surface area contributed by atoms with Crippen LogP contribution in [-0.4, -0.2) is 27.8 Å². The third kappa shape index (κ3) is 5.33. The summed E-state index contributed by atoms with van der Waals surface area (Å²) in [6.45, 7) is 5.90. The lowest BCUT2D eigenvalue weighted by Crippen LogP contribution is -2.24. The number of aromatic nitrogens is 1. The number of thiazole rings is 1. The molecular weight excluding hydrogens is 390 g/mol. The van der Waals surface area contributed by atoms with Crippen molar-refractivity contribution in [1.82, 2.24) is 4.98 Å². The van der Waals surface area contributed by atoms with Gasteiger partial charge in [-0.3, -0.25) is 9.59 Å². The number of carbonyl (C=O) groups is 2. The smallest absolute Gasteiger partial charge is 0.239 e. The average molecular weight is 414 g/mol. The Morgan fingerprint density at radius 2 is 1.89 bits per heavy atom. The Morgan fingerprint density at radius 1 is 1.14 bits per heavy atom. The first-order valence-corrected chi connectivity index (χ1v) is 11.0. The van der Waals surface area contributed by atoms with Gasteiger partial charge in [-0.25, -0.2) is 4.98 Å². The van der Waals surface area contributed by atoms with E-state index in [0.29, 0.717) is 5.13 Å². The van der Waals surface area contributed by atoms with Gasteiger partial charge in [0.05, 0.1) is 21.2 Å². The number of rotatable bonds is 7. The van der Waals surface area contributed by atoms with Gasteiger partial charge in [0.25, 0.3) is 0 Å². The van der Waals surface area contributed by atoms with Crippen LogP contribution in [0.25, 0.3) is 10.2 Å². The molecule has 1 heterocycles. The number of hydrogen-bond acceptors (Lipinski definition) is 5. The largest absolute Gasteiger partial charge is 0.325 e. The minimum Gasteiger partial charge on any atom is -0.325 e. The zero-order valence-electron chi connectivity index (χ0n) is 16.1. The Balaban J connectivity index is 1.51. The van der Waals surface area contributed by atoms with Crippen LogP contribution < -0.4 is 10.6 Å². The first-order valence-electron chi connectivity index (χ1n) is 9.13. The number of benzene rings is 2. The van der Waals surface area contributed by atoms with Crippen LogP contribution >= 0.6 is 23.1 Å². The molecule has 0 aliphatic rings. The highest BCUT2D eigenvalue weighted by Gasteiger charge is 2.17. The summed E-state index contributed by atoms with van der Waals surface area (Å²) in [7, 11) is 0. The van der Waals surface area contributed by atoms with E-state index < -0.39 is 0 Å². The molecule has 1 atom stereocenters. The van der Waals surface area contributed by atoms with E-state index in [1.807, 2.05) is 37.3 Å². The number of nitrogens with one attached hydrogen (secondary N) is 2. The number of fused-ring (bicyclic) bond motifs is 1. The molecule has 0 saturated heterocycles. The highest BCUT2D eigenvalue weighted by atomic mass is 32.2. The summed E-state index contributed by atoms with van der Waals surface area (Å²) in [5.74, 6) is -0.0641. The van der Waals surface area contributed by atoms with Crippen molar-refractivity contribution in [1.29, 1.82) is 0 Å². The van der Waals surface area contributed by atoms with Gasteiger partial charge < -0.3 is 10.6 Å². The SMILES string of the molecule is CCc1ccc2nc(NC(=O)C(C)SCC(=O)Nc3ccc(C)cc3)sc2c1. The van der Waals surface area contributed by atoms with E-state index >= 15 is 0 Å². The molecule has 7 heteroatoms. The van der Waals surface area contributed by atoms with E-state index in [1.54, 1.807) is 6.92 Å². The van der Waals surface area contributed by atoms with Gasteiger partial charge in [-0.15, -0.1) is 11.8 Å². The Labute approximate surface area is 172 Å². The van der Waals surface area contributed by atoms with E-state index in [9.17, 15) is 9.59 Å². The van der Waals surface area contributed by atoms with Crippen molar-refractivity contribution in [2.75, 3.05) is 16.4 Å². The lowest BCUT2D eigenvalue weighted by Gasteiger charge is -2.10. The standard InChI is InChI=1S/C21H23N3O2S2/c1-4-15-7-10-17-18(11-15)28-21(23-17)24-20(26)14(3)27-12-19(25)22-16-8-5-13(2)6-9-16/h5-11,14H,4,12H2,1-3H3,(H,22,25)(H,23,24,26). The maximum absolute atomic E-state index is 12.4. The Hall–Kier alpha value is -2.38. The molecule has 0 bridgehead atoms. The van der Waals surface area contributed by atoms with Crippen LogP contribution in [0.2, 0.25) is 0 Å². The average Bonchev–Trinajstić information content (AvgIpc) is 3.09. The lowest BCUT2D eigenvalue weighted by atomic mass is 10.2. The minimum absolute atomic E-state index is 0.124. The summed E-state index contributed by atoms with van der Waals surface area (Å²) < 4.78 is 1.06. The Morgan fingerprint density at radius 3 is 2.61 bits per heavy atom. The molecule has 0 aliphatic heterocycles. The van der Waals surface area contributed by atoms with Crippen LogP contribution in [0.15, 0.2) is 42.5 Å². The topological polar surface area (TPSA) is 71.1 Å². The second-order valence-corrected chi connectivity index (χ2v) is 8.89. The van der Waals surface area contributed by atoms with Crippen molar-refractivity contribution in [3.05, 3.63) is 53.6 Å². The zero-order chi connectivity index (χ0) is 20.1. The zero-order valence-corrected chi connectivity index (χ0v) is 17.7. The summed E-state index contributed by atoms with van der Waals surface area (Å²) in [4.78, 5) is 29.0. The maximum atomic E-state index is 12.4. The van der Waals surface area contributed by atoms with Crippen molar-refractivity contribution in [2.45, 2.75) is 32.4 Å². The first kappa shape index (κ1) is 20.4. The molecule has 3 rings (SSSR count). The molecule has 0 saturated carbocycles. The Kier molecular flexibility index (Phi) is 6.70. The molecule has 3 aromatic rings. The molecule has 5 nitrogen and oxygen atoms in total. The fraction of sp³-hybridized carbons (Fsp3) is 0.286. The van der Waals surface area contributed by atoms with Crippen molar-refractivity contribution in [3.8, 4) is 0 Å². The lowest BCUT2D eigenvalue weighted by molar-refractivity contribution is -0.115. The van der Waals surface area contributed by atoms with Crippen LogP contribution in [0.5, 0.6) is 0 Å². The van der Waals surface area contributed by atoms with Gasteiger partial charge in [0, 0.05) is 5.69 Å². The third-order valence-electron chi connectivity index (χ3n) is 4.26. The van der Waals surface area contributed by atoms with E-state index in [4.69, 9.17) is 0 Å². The summed E-state index contributed by atoms with van der Waals surface area (Å²) >= 11 is 2.77. The predicted octanol–water partition coefficient (Wildman–Crippen LogP) is 4.87. The number of carbonyl (C=O) groups excluding carboxylic acids is 2. The second kappa shape index (κ2) is 9.21. The van der Waals surface area contributed by atoms with Gasteiger partial charge in [0.2, 0.25) is 11.8 Å². The van der Waals surface area contributed by atoms with Crippen LogP contribution in [0.3, 0.4) is 0 Å². The molecule has 0 spiro atoms. The quantitative estimate of drug-likeness (QED) is 0.580.